The standard InChI is InChI=1S/C14H10BrCl2F/c1-8-2-4-10(13(18)6-8)14(15)9-3-5-11(16)12(17)7-9/h2-7,14H,1H3. The molecule has 0 saturated heterocycles. The molecule has 0 radical (unpaired) electrons. The van der Waals surface area contributed by atoms with Crippen LogP contribution in [0.1, 0.15) is 21.5 Å². The van der Waals surface area contributed by atoms with Gasteiger partial charge in [-0.25, -0.2) is 4.39 Å². The zero-order valence-electron chi connectivity index (χ0n) is 9.55. The SMILES string of the molecule is Cc1ccc(C(Br)c2ccc(Cl)c(Cl)c2)c(F)c1. The second-order valence-electron chi connectivity index (χ2n) is 4.06. The number of benzene rings is 2. The van der Waals surface area contributed by atoms with Gasteiger partial charge in [-0.2, -0.15) is 0 Å². The van der Waals surface area contributed by atoms with Gasteiger partial charge in [0.05, 0.1) is 14.9 Å². The molecule has 0 spiro atoms. The van der Waals surface area contributed by atoms with Gasteiger partial charge in [0, 0.05) is 5.56 Å². The molecule has 0 saturated carbocycles. The molecule has 0 heterocycles. The van der Waals surface area contributed by atoms with Gasteiger partial charge in [-0.3, -0.25) is 0 Å². The molecule has 1 unspecified atom stereocenters. The Bertz CT molecular complexity index is 584. The third kappa shape index (κ3) is 2.87. The topological polar surface area (TPSA) is 0 Å². The van der Waals surface area contributed by atoms with Gasteiger partial charge < -0.3 is 0 Å². The van der Waals surface area contributed by atoms with Crippen molar-refractivity contribution in [2.24, 2.45) is 0 Å². The maximum atomic E-state index is 13.9. The number of hydrogen-bond donors (Lipinski definition) is 0. The van der Waals surface area contributed by atoms with E-state index in [-0.39, 0.29) is 10.6 Å². The van der Waals surface area contributed by atoms with Crippen molar-refractivity contribution in [3.05, 3.63) is 69.0 Å². The highest BCUT2D eigenvalue weighted by Gasteiger charge is 2.15. The molecule has 0 aliphatic carbocycles. The highest BCUT2D eigenvalue weighted by Crippen LogP contribution is 2.35. The van der Waals surface area contributed by atoms with Crippen LogP contribution in [0.5, 0.6) is 0 Å². The number of halogens is 4. The smallest absolute Gasteiger partial charge is 0.128 e. The summed E-state index contributed by atoms with van der Waals surface area (Å²) in [6, 6.07) is 10.4. The summed E-state index contributed by atoms with van der Waals surface area (Å²) in [4.78, 5) is -0.243. The molecule has 2 aromatic rings. The molecule has 0 aromatic heterocycles. The maximum absolute atomic E-state index is 13.9. The van der Waals surface area contributed by atoms with Crippen molar-refractivity contribution in [2.45, 2.75) is 11.8 Å². The zero-order valence-corrected chi connectivity index (χ0v) is 12.7. The molecule has 0 nitrogen and oxygen atoms in total. The second kappa shape index (κ2) is 5.60. The summed E-state index contributed by atoms with van der Waals surface area (Å²) < 4.78 is 13.9. The molecule has 2 aromatic carbocycles. The van der Waals surface area contributed by atoms with Crippen LogP contribution in [0.4, 0.5) is 4.39 Å². The van der Waals surface area contributed by atoms with Crippen LogP contribution < -0.4 is 0 Å². The van der Waals surface area contributed by atoms with Crippen molar-refractivity contribution in [3.63, 3.8) is 0 Å². The van der Waals surface area contributed by atoms with Crippen LogP contribution in [0.2, 0.25) is 10.0 Å². The van der Waals surface area contributed by atoms with Crippen molar-refractivity contribution in [1.82, 2.24) is 0 Å². The summed E-state index contributed by atoms with van der Waals surface area (Å²) in [5.41, 5.74) is 2.34. The maximum Gasteiger partial charge on any atom is 0.128 e. The minimum Gasteiger partial charge on any atom is -0.207 e. The molecule has 1 atom stereocenters. The minimum absolute atomic E-state index is 0.233. The number of rotatable bonds is 2. The van der Waals surface area contributed by atoms with E-state index in [1.807, 2.05) is 19.1 Å². The average Bonchev–Trinajstić information content (AvgIpc) is 2.32. The van der Waals surface area contributed by atoms with Crippen LogP contribution >= 0.6 is 39.1 Å². The lowest BCUT2D eigenvalue weighted by Gasteiger charge is -2.13. The van der Waals surface area contributed by atoms with Crippen LogP contribution in [0.15, 0.2) is 36.4 Å². The minimum atomic E-state index is -0.243. The van der Waals surface area contributed by atoms with Gasteiger partial charge >= 0.3 is 0 Å². The summed E-state index contributed by atoms with van der Waals surface area (Å²) >= 11 is 15.3. The van der Waals surface area contributed by atoms with Crippen molar-refractivity contribution in [2.75, 3.05) is 0 Å². The van der Waals surface area contributed by atoms with Gasteiger partial charge in [0.25, 0.3) is 0 Å². The van der Waals surface area contributed by atoms with E-state index in [2.05, 4.69) is 15.9 Å². The molecule has 18 heavy (non-hydrogen) atoms. The highest BCUT2D eigenvalue weighted by atomic mass is 79.9. The molecule has 0 N–H and O–H groups in total. The molecular formula is C14H10BrCl2F. The van der Waals surface area contributed by atoms with E-state index in [1.54, 1.807) is 18.2 Å². The first-order valence-corrected chi connectivity index (χ1v) is 7.01. The number of aryl methyl sites for hydroxylation is 1. The fourth-order valence-electron chi connectivity index (χ4n) is 1.69. The largest absolute Gasteiger partial charge is 0.207 e. The third-order valence-electron chi connectivity index (χ3n) is 2.67. The molecular weight excluding hydrogens is 338 g/mol. The Kier molecular flexibility index (Phi) is 4.31. The quantitative estimate of drug-likeness (QED) is 0.591. The van der Waals surface area contributed by atoms with Crippen LogP contribution in [0, 0.1) is 12.7 Å². The normalized spacial score (nSPS) is 12.5. The first-order chi connectivity index (χ1) is 8.49. The van der Waals surface area contributed by atoms with Crippen molar-refractivity contribution in [1.29, 1.82) is 0 Å². The summed E-state index contributed by atoms with van der Waals surface area (Å²) in [5, 5.41) is 0.954. The van der Waals surface area contributed by atoms with E-state index in [1.165, 1.54) is 6.07 Å². The number of alkyl halides is 1. The Morgan fingerprint density at radius 1 is 1.06 bits per heavy atom. The Balaban J connectivity index is 2.41. The molecule has 0 aliphatic rings. The van der Waals surface area contributed by atoms with Gasteiger partial charge in [-0.1, -0.05) is 57.3 Å². The lowest BCUT2D eigenvalue weighted by atomic mass is 10.0. The summed E-state index contributed by atoms with van der Waals surface area (Å²) in [5.74, 6) is -0.233. The van der Waals surface area contributed by atoms with Crippen molar-refractivity contribution >= 4 is 39.1 Å². The van der Waals surface area contributed by atoms with Crippen LogP contribution in [-0.2, 0) is 0 Å². The van der Waals surface area contributed by atoms with E-state index in [4.69, 9.17) is 23.2 Å². The van der Waals surface area contributed by atoms with Gasteiger partial charge in [-0.05, 0) is 36.2 Å². The molecule has 0 bridgehead atoms. The summed E-state index contributed by atoms with van der Waals surface area (Å²) in [6.45, 7) is 1.86. The fraction of sp³-hybridized carbons (Fsp3) is 0.143. The predicted octanol–water partition coefficient (Wildman–Crippen LogP) is 5.93. The number of hydrogen-bond acceptors (Lipinski definition) is 0. The molecule has 94 valence electrons. The van der Waals surface area contributed by atoms with Crippen LogP contribution in [0.25, 0.3) is 0 Å². The van der Waals surface area contributed by atoms with Gasteiger partial charge in [0.2, 0.25) is 0 Å². The molecule has 0 aliphatic heterocycles. The lowest BCUT2D eigenvalue weighted by molar-refractivity contribution is 0.612. The molecule has 2 rings (SSSR count). The Morgan fingerprint density at radius 2 is 1.78 bits per heavy atom. The fourth-order valence-corrected chi connectivity index (χ4v) is 2.65. The van der Waals surface area contributed by atoms with E-state index in [9.17, 15) is 4.39 Å². The summed E-state index contributed by atoms with van der Waals surface area (Å²) in [6.07, 6.45) is 0. The molecule has 0 fully saturated rings. The average molecular weight is 348 g/mol. The predicted molar refractivity (Wildman–Crippen MR) is 78.4 cm³/mol. The molecule has 4 heteroatoms. The Morgan fingerprint density at radius 3 is 2.39 bits per heavy atom. The van der Waals surface area contributed by atoms with Crippen LogP contribution in [0.3, 0.4) is 0 Å². The van der Waals surface area contributed by atoms with E-state index in [0.717, 1.165) is 11.1 Å². The van der Waals surface area contributed by atoms with E-state index < -0.39 is 0 Å². The van der Waals surface area contributed by atoms with E-state index >= 15 is 0 Å². The lowest BCUT2D eigenvalue weighted by Crippen LogP contribution is -1.97. The first kappa shape index (κ1) is 13.9. The van der Waals surface area contributed by atoms with E-state index in [0.29, 0.717) is 15.6 Å². The Labute approximate surface area is 124 Å². The van der Waals surface area contributed by atoms with Gasteiger partial charge in [-0.15, -0.1) is 0 Å². The first-order valence-electron chi connectivity index (χ1n) is 5.34. The zero-order chi connectivity index (χ0) is 13.3. The van der Waals surface area contributed by atoms with Gasteiger partial charge in [0.15, 0.2) is 0 Å². The monoisotopic (exact) mass is 346 g/mol. The van der Waals surface area contributed by atoms with Crippen LogP contribution in [-0.4, -0.2) is 0 Å². The Hall–Kier alpha value is -0.570. The van der Waals surface area contributed by atoms with Gasteiger partial charge in [0.1, 0.15) is 5.82 Å². The summed E-state index contributed by atoms with van der Waals surface area (Å²) in [7, 11) is 0. The second-order valence-corrected chi connectivity index (χ2v) is 5.79. The van der Waals surface area contributed by atoms with Crippen molar-refractivity contribution in [3.8, 4) is 0 Å². The molecule has 0 amide bonds. The third-order valence-corrected chi connectivity index (χ3v) is 4.43. The highest BCUT2D eigenvalue weighted by molar-refractivity contribution is 9.09. The van der Waals surface area contributed by atoms with Crippen molar-refractivity contribution < 1.29 is 4.39 Å².